The van der Waals surface area contributed by atoms with Gasteiger partial charge in [0.15, 0.2) is 18.1 Å². The van der Waals surface area contributed by atoms with E-state index in [2.05, 4.69) is 0 Å². The molecular formula is C15H14N2O6S2. The molecule has 25 heavy (non-hydrogen) atoms. The molecule has 1 aromatic rings. The third-order valence-corrected chi connectivity index (χ3v) is 4.40. The van der Waals surface area contributed by atoms with Gasteiger partial charge in [-0.15, -0.1) is 0 Å². The largest absolute Gasteiger partial charge is 0.493 e. The van der Waals surface area contributed by atoms with Crippen molar-refractivity contribution in [1.29, 1.82) is 0 Å². The molecule has 2 rings (SSSR count). The Hall–Kier alpha value is -2.59. The molecule has 0 saturated carbocycles. The number of carbonyl (C=O) groups is 3. The van der Waals surface area contributed by atoms with Crippen LogP contribution in [0.25, 0.3) is 6.08 Å². The first-order valence-electron chi connectivity index (χ1n) is 6.88. The molecule has 1 heterocycles. The molecule has 10 heteroatoms. The zero-order chi connectivity index (χ0) is 18.6. The van der Waals surface area contributed by atoms with E-state index in [0.717, 1.165) is 16.7 Å². The van der Waals surface area contributed by atoms with Crippen LogP contribution in [0.3, 0.4) is 0 Å². The van der Waals surface area contributed by atoms with Crippen LogP contribution in [0.1, 0.15) is 5.56 Å². The van der Waals surface area contributed by atoms with E-state index in [9.17, 15) is 14.4 Å². The maximum absolute atomic E-state index is 12.2. The molecule has 0 spiro atoms. The molecule has 0 aliphatic carbocycles. The fraction of sp³-hybridized carbons (Fsp3) is 0.200. The Bertz CT molecular complexity index is 777. The molecule has 0 bridgehead atoms. The highest BCUT2D eigenvalue weighted by atomic mass is 32.2. The van der Waals surface area contributed by atoms with Gasteiger partial charge in [0, 0.05) is 0 Å². The number of aliphatic carboxylic acids is 1. The van der Waals surface area contributed by atoms with Gasteiger partial charge in [0.05, 0.1) is 12.0 Å². The average Bonchev–Trinajstić information content (AvgIpc) is 2.80. The molecule has 132 valence electrons. The number of rotatable bonds is 7. The third kappa shape index (κ3) is 4.70. The first kappa shape index (κ1) is 18.7. The highest BCUT2D eigenvalue weighted by Crippen LogP contribution is 2.34. The number of benzene rings is 1. The summed E-state index contributed by atoms with van der Waals surface area (Å²) in [6, 6.07) is 4.84. The molecule has 3 N–H and O–H groups in total. The minimum Gasteiger partial charge on any atom is -0.493 e. The first-order chi connectivity index (χ1) is 11.8. The quantitative estimate of drug-likeness (QED) is 0.526. The second-order valence-electron chi connectivity index (χ2n) is 4.83. The van der Waals surface area contributed by atoms with Crippen LogP contribution in [0.15, 0.2) is 23.1 Å². The lowest BCUT2D eigenvalue weighted by Gasteiger charge is -2.11. The van der Waals surface area contributed by atoms with Gasteiger partial charge in [-0.25, -0.2) is 0 Å². The minimum atomic E-state index is -1.14. The highest BCUT2D eigenvalue weighted by Gasteiger charge is 2.33. The lowest BCUT2D eigenvalue weighted by atomic mass is 10.2. The maximum atomic E-state index is 12.2. The molecule has 1 aliphatic rings. The van der Waals surface area contributed by atoms with Gasteiger partial charge in [0.1, 0.15) is 10.9 Å². The third-order valence-electron chi connectivity index (χ3n) is 3.02. The van der Waals surface area contributed by atoms with Gasteiger partial charge in [-0.3, -0.25) is 19.3 Å². The van der Waals surface area contributed by atoms with E-state index in [1.54, 1.807) is 24.3 Å². The summed E-state index contributed by atoms with van der Waals surface area (Å²) in [5, 5.41) is 8.83. The summed E-state index contributed by atoms with van der Waals surface area (Å²) >= 11 is 6.06. The molecule has 1 aliphatic heterocycles. The molecule has 2 amide bonds. The number of nitrogens with two attached hydrogens (primary N) is 1. The lowest BCUT2D eigenvalue weighted by molar-refractivity contribution is -0.140. The van der Waals surface area contributed by atoms with Crippen molar-refractivity contribution in [3.63, 3.8) is 0 Å². The van der Waals surface area contributed by atoms with Crippen molar-refractivity contribution in [3.8, 4) is 11.5 Å². The summed E-state index contributed by atoms with van der Waals surface area (Å²) in [7, 11) is 1.43. The van der Waals surface area contributed by atoms with E-state index in [1.807, 2.05) is 0 Å². The van der Waals surface area contributed by atoms with Crippen LogP contribution in [0, 0.1) is 0 Å². The Morgan fingerprint density at radius 1 is 1.40 bits per heavy atom. The second-order valence-corrected chi connectivity index (χ2v) is 6.50. The van der Waals surface area contributed by atoms with Gasteiger partial charge in [-0.05, 0) is 23.8 Å². The Morgan fingerprint density at radius 3 is 2.72 bits per heavy atom. The smallest absolute Gasteiger partial charge is 0.323 e. The lowest BCUT2D eigenvalue weighted by Crippen LogP contribution is -2.33. The highest BCUT2D eigenvalue weighted by molar-refractivity contribution is 8.26. The number of ether oxygens (including phenoxy) is 2. The van der Waals surface area contributed by atoms with E-state index in [1.165, 1.54) is 7.11 Å². The van der Waals surface area contributed by atoms with Crippen LogP contribution in [0.2, 0.25) is 0 Å². The van der Waals surface area contributed by atoms with E-state index in [4.69, 9.17) is 32.5 Å². The maximum Gasteiger partial charge on any atom is 0.323 e. The average molecular weight is 382 g/mol. The predicted octanol–water partition coefficient (Wildman–Crippen LogP) is 0.845. The van der Waals surface area contributed by atoms with Crippen molar-refractivity contribution >= 4 is 52.2 Å². The van der Waals surface area contributed by atoms with Crippen molar-refractivity contribution in [2.75, 3.05) is 20.3 Å². The Morgan fingerprint density at radius 2 is 2.12 bits per heavy atom. The number of carboxylic acid groups (broad SMARTS) is 1. The van der Waals surface area contributed by atoms with Crippen molar-refractivity contribution in [2.24, 2.45) is 5.73 Å². The number of hydrogen-bond acceptors (Lipinski definition) is 7. The molecule has 1 saturated heterocycles. The van der Waals surface area contributed by atoms with Gasteiger partial charge in [0.25, 0.3) is 11.8 Å². The number of carbonyl (C=O) groups excluding carboxylic acids is 2. The Kier molecular flexibility index (Phi) is 5.99. The molecule has 0 atom stereocenters. The minimum absolute atomic E-state index is 0.187. The number of thioether (sulfide) groups is 1. The Labute approximate surface area is 152 Å². The van der Waals surface area contributed by atoms with E-state index in [0.29, 0.717) is 22.0 Å². The standard InChI is InChI=1S/C15H14N2O6S2/c1-22-10-4-8(2-3-9(10)23-7-12(16)18)5-11-14(21)17(6-13(19)20)15(24)25-11/h2-5H,6-7H2,1H3,(H2,16,18)(H,19,20)/b11-5-. The zero-order valence-corrected chi connectivity index (χ0v) is 14.7. The summed E-state index contributed by atoms with van der Waals surface area (Å²) in [6.45, 7) is -0.769. The molecular weight excluding hydrogens is 368 g/mol. The fourth-order valence-corrected chi connectivity index (χ4v) is 3.22. The molecule has 0 radical (unpaired) electrons. The van der Waals surface area contributed by atoms with E-state index < -0.39 is 24.3 Å². The van der Waals surface area contributed by atoms with Crippen molar-refractivity contribution in [3.05, 3.63) is 28.7 Å². The van der Waals surface area contributed by atoms with E-state index in [-0.39, 0.29) is 10.9 Å². The zero-order valence-electron chi connectivity index (χ0n) is 13.1. The molecule has 8 nitrogen and oxygen atoms in total. The van der Waals surface area contributed by atoms with Crippen LogP contribution in [-0.2, 0) is 14.4 Å². The normalized spacial score (nSPS) is 15.6. The van der Waals surface area contributed by atoms with Crippen molar-refractivity contribution < 1.29 is 29.0 Å². The van der Waals surface area contributed by atoms with Crippen molar-refractivity contribution in [1.82, 2.24) is 4.90 Å². The SMILES string of the molecule is COc1cc(/C=C2\SC(=S)N(CC(=O)O)C2=O)ccc1OCC(N)=O. The van der Waals surface area contributed by atoms with Crippen molar-refractivity contribution in [2.45, 2.75) is 0 Å². The van der Waals surface area contributed by atoms with Crippen LogP contribution >= 0.6 is 24.0 Å². The number of thiocarbonyl (C=S) groups is 1. The van der Waals surface area contributed by atoms with Crippen LogP contribution in [0.5, 0.6) is 11.5 Å². The van der Waals surface area contributed by atoms with Gasteiger partial charge in [0.2, 0.25) is 0 Å². The fourth-order valence-electron chi connectivity index (χ4n) is 1.97. The summed E-state index contributed by atoms with van der Waals surface area (Å²) in [4.78, 5) is 35.1. The second kappa shape index (κ2) is 7.99. The monoisotopic (exact) mass is 382 g/mol. The summed E-state index contributed by atoms with van der Waals surface area (Å²) in [5.41, 5.74) is 5.66. The van der Waals surface area contributed by atoms with Gasteiger partial charge in [-0.2, -0.15) is 0 Å². The molecule has 0 unspecified atom stereocenters. The number of carboxylic acids is 1. The number of methoxy groups -OCH3 is 1. The van der Waals surface area contributed by atoms with Gasteiger partial charge < -0.3 is 20.3 Å². The van der Waals surface area contributed by atoms with Crippen LogP contribution < -0.4 is 15.2 Å². The van der Waals surface area contributed by atoms with E-state index >= 15 is 0 Å². The summed E-state index contributed by atoms with van der Waals surface area (Å²) < 4.78 is 10.6. The van der Waals surface area contributed by atoms with Crippen LogP contribution in [-0.4, -0.2) is 52.4 Å². The van der Waals surface area contributed by atoms with Crippen LogP contribution in [0.4, 0.5) is 0 Å². The summed E-state index contributed by atoms with van der Waals surface area (Å²) in [5.74, 6) is -1.54. The Balaban J connectivity index is 2.23. The van der Waals surface area contributed by atoms with Gasteiger partial charge in [-0.1, -0.05) is 30.0 Å². The number of primary amides is 1. The predicted molar refractivity (Wildman–Crippen MR) is 95.2 cm³/mol. The molecule has 1 fully saturated rings. The topological polar surface area (TPSA) is 119 Å². The summed E-state index contributed by atoms with van der Waals surface area (Å²) in [6.07, 6.45) is 1.57. The number of nitrogens with zero attached hydrogens (tertiary/aromatic N) is 1. The van der Waals surface area contributed by atoms with Gasteiger partial charge >= 0.3 is 5.97 Å². The number of amides is 2. The number of hydrogen-bond donors (Lipinski definition) is 2. The molecule has 1 aromatic carbocycles. The molecule has 0 aromatic heterocycles. The first-order valence-corrected chi connectivity index (χ1v) is 8.10.